The highest BCUT2D eigenvalue weighted by atomic mass is 35.5. The lowest BCUT2D eigenvalue weighted by Crippen LogP contribution is -1.95. The standard InChI is InChI=1S/C13H7Cl2FN2S/c14-7-1-4-11-12(5-7)18(13(19)17-11)8-2-3-9(15)10(16)6-8/h1-6H,(H,17,19). The molecule has 19 heavy (non-hydrogen) atoms. The number of nitrogens with zero attached hydrogens (tertiary/aromatic N) is 1. The summed E-state index contributed by atoms with van der Waals surface area (Å²) in [5.41, 5.74) is 2.23. The zero-order valence-electron chi connectivity index (χ0n) is 9.45. The van der Waals surface area contributed by atoms with Gasteiger partial charge in [0.25, 0.3) is 0 Å². The van der Waals surface area contributed by atoms with Gasteiger partial charge in [-0.3, -0.25) is 4.57 Å². The van der Waals surface area contributed by atoms with E-state index in [1.165, 1.54) is 12.1 Å². The van der Waals surface area contributed by atoms with Crippen LogP contribution >= 0.6 is 35.4 Å². The van der Waals surface area contributed by atoms with Gasteiger partial charge in [-0.2, -0.15) is 0 Å². The molecule has 3 aromatic rings. The number of H-pyrrole nitrogens is 1. The largest absolute Gasteiger partial charge is 0.330 e. The van der Waals surface area contributed by atoms with Gasteiger partial charge in [0.1, 0.15) is 5.82 Å². The normalized spacial score (nSPS) is 11.1. The lowest BCUT2D eigenvalue weighted by Gasteiger charge is -2.05. The van der Waals surface area contributed by atoms with Gasteiger partial charge >= 0.3 is 0 Å². The zero-order chi connectivity index (χ0) is 13.6. The lowest BCUT2D eigenvalue weighted by molar-refractivity contribution is 0.627. The summed E-state index contributed by atoms with van der Waals surface area (Å²) in [6, 6.07) is 9.91. The van der Waals surface area contributed by atoms with Crippen molar-refractivity contribution in [3.8, 4) is 5.69 Å². The molecule has 0 atom stereocenters. The van der Waals surface area contributed by atoms with E-state index < -0.39 is 5.82 Å². The molecule has 2 aromatic carbocycles. The molecule has 0 saturated heterocycles. The van der Waals surface area contributed by atoms with Crippen molar-refractivity contribution in [1.29, 1.82) is 0 Å². The van der Waals surface area contributed by atoms with Crippen molar-refractivity contribution in [2.45, 2.75) is 0 Å². The van der Waals surface area contributed by atoms with Crippen molar-refractivity contribution in [3.05, 3.63) is 57.0 Å². The average molecular weight is 313 g/mol. The minimum Gasteiger partial charge on any atom is -0.330 e. The van der Waals surface area contributed by atoms with E-state index >= 15 is 0 Å². The second kappa shape index (κ2) is 4.63. The lowest BCUT2D eigenvalue weighted by atomic mass is 10.2. The first kappa shape index (κ1) is 12.7. The Balaban J connectivity index is 2.35. The second-order valence-corrected chi connectivity index (χ2v) is 5.26. The van der Waals surface area contributed by atoms with E-state index in [2.05, 4.69) is 4.98 Å². The van der Waals surface area contributed by atoms with E-state index in [-0.39, 0.29) is 5.02 Å². The number of hydrogen-bond donors (Lipinski definition) is 1. The highest BCUT2D eigenvalue weighted by molar-refractivity contribution is 7.71. The molecule has 3 rings (SSSR count). The van der Waals surface area contributed by atoms with Crippen LogP contribution in [0.1, 0.15) is 0 Å². The minimum atomic E-state index is -0.488. The van der Waals surface area contributed by atoms with Gasteiger partial charge in [-0.05, 0) is 48.6 Å². The molecular formula is C13H7Cl2FN2S. The van der Waals surface area contributed by atoms with Gasteiger partial charge in [0.2, 0.25) is 0 Å². The van der Waals surface area contributed by atoms with Gasteiger partial charge in [-0.15, -0.1) is 0 Å². The van der Waals surface area contributed by atoms with E-state index in [1.54, 1.807) is 22.8 Å². The molecule has 0 radical (unpaired) electrons. The third kappa shape index (κ3) is 2.16. The first-order chi connectivity index (χ1) is 9.06. The molecule has 0 amide bonds. The van der Waals surface area contributed by atoms with Gasteiger partial charge in [0.05, 0.1) is 21.7 Å². The van der Waals surface area contributed by atoms with Crippen LogP contribution in [0.15, 0.2) is 36.4 Å². The molecular weight excluding hydrogens is 306 g/mol. The Kier molecular flexibility index (Phi) is 3.09. The summed E-state index contributed by atoms with van der Waals surface area (Å²) < 4.78 is 15.8. The average Bonchev–Trinajstić information content (AvgIpc) is 2.68. The Hall–Kier alpha value is -1.36. The van der Waals surface area contributed by atoms with Crippen molar-refractivity contribution >= 4 is 46.5 Å². The number of rotatable bonds is 1. The summed E-state index contributed by atoms with van der Waals surface area (Å²) >= 11 is 16.9. The predicted molar refractivity (Wildman–Crippen MR) is 78.4 cm³/mol. The third-order valence-electron chi connectivity index (χ3n) is 2.81. The minimum absolute atomic E-state index is 0.0770. The monoisotopic (exact) mass is 312 g/mol. The number of hydrogen-bond acceptors (Lipinski definition) is 1. The topological polar surface area (TPSA) is 20.7 Å². The fourth-order valence-corrected chi connectivity index (χ4v) is 2.55. The molecule has 96 valence electrons. The van der Waals surface area contributed by atoms with Gasteiger partial charge in [-0.25, -0.2) is 4.39 Å². The van der Waals surface area contributed by atoms with Gasteiger partial charge in [0, 0.05) is 5.02 Å². The van der Waals surface area contributed by atoms with E-state index in [0.717, 1.165) is 11.0 Å². The molecule has 0 bridgehead atoms. The molecule has 6 heteroatoms. The highest BCUT2D eigenvalue weighted by Crippen LogP contribution is 2.25. The van der Waals surface area contributed by atoms with Gasteiger partial charge in [0.15, 0.2) is 4.77 Å². The molecule has 0 fully saturated rings. The Bertz CT molecular complexity index is 838. The summed E-state index contributed by atoms with van der Waals surface area (Å²) in [6.07, 6.45) is 0. The molecule has 2 nitrogen and oxygen atoms in total. The van der Waals surface area contributed by atoms with Crippen LogP contribution in [-0.2, 0) is 0 Å². The van der Waals surface area contributed by atoms with Crippen LogP contribution in [0.2, 0.25) is 10.0 Å². The smallest absolute Gasteiger partial charge is 0.182 e. The first-order valence-corrected chi connectivity index (χ1v) is 6.58. The summed E-state index contributed by atoms with van der Waals surface area (Å²) in [5.74, 6) is -0.488. The quantitative estimate of drug-likeness (QED) is 0.617. The Morgan fingerprint density at radius 3 is 2.63 bits per heavy atom. The number of fused-ring (bicyclic) bond motifs is 1. The molecule has 0 unspecified atom stereocenters. The summed E-state index contributed by atoms with van der Waals surface area (Å²) in [4.78, 5) is 3.05. The van der Waals surface area contributed by atoms with Crippen molar-refractivity contribution < 1.29 is 4.39 Å². The van der Waals surface area contributed by atoms with Crippen molar-refractivity contribution in [2.24, 2.45) is 0 Å². The fraction of sp³-hybridized carbons (Fsp3) is 0. The predicted octanol–water partition coefficient (Wildman–Crippen LogP) is 5.13. The Morgan fingerprint density at radius 2 is 1.89 bits per heavy atom. The third-order valence-corrected chi connectivity index (χ3v) is 3.63. The van der Waals surface area contributed by atoms with Crippen LogP contribution in [-0.4, -0.2) is 9.55 Å². The number of benzene rings is 2. The number of imidazole rings is 1. The van der Waals surface area contributed by atoms with E-state index in [4.69, 9.17) is 35.4 Å². The molecule has 1 N–H and O–H groups in total. The number of nitrogens with one attached hydrogen (secondary N) is 1. The summed E-state index contributed by atoms with van der Waals surface area (Å²) in [7, 11) is 0. The number of aromatic amines is 1. The first-order valence-electron chi connectivity index (χ1n) is 5.42. The van der Waals surface area contributed by atoms with Crippen molar-refractivity contribution in [3.63, 3.8) is 0 Å². The fourth-order valence-electron chi connectivity index (χ4n) is 1.96. The maximum Gasteiger partial charge on any atom is 0.182 e. The van der Waals surface area contributed by atoms with Crippen LogP contribution in [0.5, 0.6) is 0 Å². The maximum absolute atomic E-state index is 13.6. The zero-order valence-corrected chi connectivity index (χ0v) is 11.8. The maximum atomic E-state index is 13.6. The molecule has 1 aromatic heterocycles. The summed E-state index contributed by atoms with van der Waals surface area (Å²) in [5, 5.41) is 0.665. The van der Waals surface area contributed by atoms with Gasteiger partial charge < -0.3 is 4.98 Å². The summed E-state index contributed by atoms with van der Waals surface area (Å²) in [6.45, 7) is 0. The molecule has 0 spiro atoms. The van der Waals surface area contributed by atoms with Crippen LogP contribution in [0, 0.1) is 10.6 Å². The molecule has 0 saturated carbocycles. The van der Waals surface area contributed by atoms with Gasteiger partial charge in [-0.1, -0.05) is 23.2 Å². The molecule has 0 aliphatic rings. The second-order valence-electron chi connectivity index (χ2n) is 4.03. The van der Waals surface area contributed by atoms with Crippen LogP contribution in [0.25, 0.3) is 16.7 Å². The SMILES string of the molecule is Fc1cc(-n2c(=S)[nH]c3ccc(Cl)cc32)ccc1Cl. The number of halogens is 3. The Morgan fingerprint density at radius 1 is 1.11 bits per heavy atom. The molecule has 0 aliphatic heterocycles. The van der Waals surface area contributed by atoms with E-state index in [9.17, 15) is 4.39 Å². The van der Waals surface area contributed by atoms with Crippen LogP contribution in [0.4, 0.5) is 4.39 Å². The van der Waals surface area contributed by atoms with Crippen molar-refractivity contribution in [1.82, 2.24) is 9.55 Å². The van der Waals surface area contributed by atoms with Crippen LogP contribution in [0.3, 0.4) is 0 Å². The van der Waals surface area contributed by atoms with Crippen molar-refractivity contribution in [2.75, 3.05) is 0 Å². The van der Waals surface area contributed by atoms with E-state index in [1.807, 2.05) is 6.07 Å². The molecule has 0 aliphatic carbocycles. The highest BCUT2D eigenvalue weighted by Gasteiger charge is 2.09. The van der Waals surface area contributed by atoms with Crippen LogP contribution < -0.4 is 0 Å². The molecule has 1 heterocycles. The Labute approximate surface area is 123 Å². The number of aromatic nitrogens is 2. The van der Waals surface area contributed by atoms with E-state index in [0.29, 0.717) is 15.5 Å².